The van der Waals surface area contributed by atoms with Crippen molar-refractivity contribution in [3.63, 3.8) is 0 Å². The molecule has 0 saturated heterocycles. The minimum Gasteiger partial charge on any atom is -0.324 e. The van der Waals surface area contributed by atoms with Gasteiger partial charge in [0.15, 0.2) is 6.04 Å². The fourth-order valence-corrected chi connectivity index (χ4v) is 2.49. The van der Waals surface area contributed by atoms with Crippen molar-refractivity contribution in [2.75, 3.05) is 12.4 Å². The highest BCUT2D eigenvalue weighted by molar-refractivity contribution is 6.35. The lowest BCUT2D eigenvalue weighted by atomic mass is 10.1. The Morgan fingerprint density at radius 3 is 2.65 bits per heavy atom. The molecule has 1 amide bonds. The van der Waals surface area contributed by atoms with E-state index in [0.29, 0.717) is 27.8 Å². The molecule has 2 atom stereocenters. The van der Waals surface area contributed by atoms with Crippen molar-refractivity contribution in [2.45, 2.75) is 19.5 Å². The number of halogens is 3. The van der Waals surface area contributed by atoms with Crippen LogP contribution >= 0.6 is 23.2 Å². The molecule has 0 aromatic heterocycles. The second-order valence-electron chi connectivity index (χ2n) is 5.45. The first-order valence-corrected chi connectivity index (χ1v) is 7.95. The predicted octanol–water partition coefficient (Wildman–Crippen LogP) is 3.17. The zero-order chi connectivity index (χ0) is 17.0. The predicted molar refractivity (Wildman–Crippen MR) is 91.5 cm³/mol. The van der Waals surface area contributed by atoms with Crippen LogP contribution in [0.2, 0.25) is 10.0 Å². The van der Waals surface area contributed by atoms with Crippen molar-refractivity contribution in [1.29, 1.82) is 0 Å². The molecule has 3 nitrogen and oxygen atoms in total. The molecule has 23 heavy (non-hydrogen) atoms. The van der Waals surface area contributed by atoms with Crippen LogP contribution in [-0.2, 0) is 11.3 Å². The van der Waals surface area contributed by atoms with Crippen molar-refractivity contribution < 1.29 is 14.1 Å². The lowest BCUT2D eigenvalue weighted by Gasteiger charge is -2.21. The minimum absolute atomic E-state index is 0.206. The van der Waals surface area contributed by atoms with Gasteiger partial charge in [-0.15, -0.1) is 0 Å². The van der Waals surface area contributed by atoms with Crippen molar-refractivity contribution >= 4 is 34.8 Å². The number of carbonyl (C=O) groups is 1. The van der Waals surface area contributed by atoms with Crippen LogP contribution < -0.4 is 10.2 Å². The lowest BCUT2D eigenvalue weighted by Crippen LogP contribution is -3.12. The summed E-state index contributed by atoms with van der Waals surface area (Å²) in [6.45, 7) is 2.19. The van der Waals surface area contributed by atoms with E-state index in [1.54, 1.807) is 43.3 Å². The van der Waals surface area contributed by atoms with Gasteiger partial charge in [0.25, 0.3) is 5.91 Å². The van der Waals surface area contributed by atoms with Gasteiger partial charge in [0.2, 0.25) is 0 Å². The SMILES string of the molecule is C[C@H](C(=O)Nc1cc(Cl)ccc1Cl)[NH+](C)Cc1ccccc1F. The van der Waals surface area contributed by atoms with Crippen LogP contribution in [0.1, 0.15) is 12.5 Å². The summed E-state index contributed by atoms with van der Waals surface area (Å²) in [5.41, 5.74) is 1.04. The third-order valence-corrected chi connectivity index (χ3v) is 4.31. The first kappa shape index (κ1) is 17.7. The summed E-state index contributed by atoms with van der Waals surface area (Å²) in [6.07, 6.45) is 0. The molecule has 0 saturated carbocycles. The molecule has 0 aliphatic heterocycles. The highest BCUT2D eigenvalue weighted by Gasteiger charge is 2.23. The zero-order valence-corrected chi connectivity index (χ0v) is 14.4. The standard InChI is InChI=1S/C17H17Cl2FN2O/c1-11(22(2)10-12-5-3-4-6-15(12)20)17(23)21-16-9-13(18)7-8-14(16)19/h3-9,11H,10H2,1-2H3,(H,21,23)/p+1/t11-/m1/s1. The molecule has 122 valence electrons. The molecule has 2 aromatic rings. The van der Waals surface area contributed by atoms with E-state index in [4.69, 9.17) is 23.2 Å². The van der Waals surface area contributed by atoms with Crippen LogP contribution in [0.25, 0.3) is 0 Å². The second-order valence-corrected chi connectivity index (χ2v) is 6.29. The molecule has 2 aromatic carbocycles. The van der Waals surface area contributed by atoms with E-state index in [-0.39, 0.29) is 17.8 Å². The van der Waals surface area contributed by atoms with Crippen molar-refractivity contribution in [2.24, 2.45) is 0 Å². The monoisotopic (exact) mass is 355 g/mol. The number of amides is 1. The summed E-state index contributed by atoms with van der Waals surface area (Å²) in [5.74, 6) is -0.472. The Labute approximate surface area is 145 Å². The molecule has 6 heteroatoms. The summed E-state index contributed by atoms with van der Waals surface area (Å²) in [6, 6.07) is 11.0. The van der Waals surface area contributed by atoms with Crippen LogP contribution in [-0.4, -0.2) is 19.0 Å². The van der Waals surface area contributed by atoms with Crippen LogP contribution in [0.15, 0.2) is 42.5 Å². The number of rotatable bonds is 5. The number of benzene rings is 2. The fourth-order valence-electron chi connectivity index (χ4n) is 2.15. The van der Waals surface area contributed by atoms with Crippen molar-refractivity contribution in [3.05, 3.63) is 63.9 Å². The van der Waals surface area contributed by atoms with E-state index in [2.05, 4.69) is 5.32 Å². The van der Waals surface area contributed by atoms with E-state index in [1.807, 2.05) is 7.05 Å². The highest BCUT2D eigenvalue weighted by atomic mass is 35.5. The molecule has 0 radical (unpaired) electrons. The van der Waals surface area contributed by atoms with E-state index in [9.17, 15) is 9.18 Å². The summed E-state index contributed by atoms with van der Waals surface area (Å²) in [7, 11) is 1.84. The summed E-state index contributed by atoms with van der Waals surface area (Å²) < 4.78 is 13.7. The normalized spacial score (nSPS) is 13.4. The van der Waals surface area contributed by atoms with Gasteiger partial charge in [-0.05, 0) is 31.2 Å². The highest BCUT2D eigenvalue weighted by Crippen LogP contribution is 2.25. The van der Waals surface area contributed by atoms with Gasteiger partial charge in [0, 0.05) is 10.6 Å². The Bertz CT molecular complexity index is 709. The molecule has 0 aliphatic rings. The van der Waals surface area contributed by atoms with Crippen LogP contribution in [0.3, 0.4) is 0 Å². The minimum atomic E-state index is -0.385. The first-order valence-electron chi connectivity index (χ1n) is 7.20. The maximum atomic E-state index is 13.7. The topological polar surface area (TPSA) is 33.5 Å². The Hall–Kier alpha value is -1.62. The van der Waals surface area contributed by atoms with Gasteiger partial charge in [-0.25, -0.2) is 4.39 Å². The summed E-state index contributed by atoms with van der Waals surface area (Å²) >= 11 is 12.0. The quantitative estimate of drug-likeness (QED) is 0.848. The fraction of sp³-hybridized carbons (Fsp3) is 0.235. The van der Waals surface area contributed by atoms with Gasteiger partial charge in [-0.1, -0.05) is 41.4 Å². The van der Waals surface area contributed by atoms with E-state index >= 15 is 0 Å². The number of carbonyl (C=O) groups excluding carboxylic acids is 1. The maximum Gasteiger partial charge on any atom is 0.282 e. The number of hydrogen-bond donors (Lipinski definition) is 2. The Morgan fingerprint density at radius 2 is 1.96 bits per heavy atom. The Balaban J connectivity index is 2.04. The number of quaternary nitrogens is 1. The number of likely N-dealkylation sites (N-methyl/N-ethyl adjacent to an activating group) is 1. The number of anilines is 1. The molecular formula is C17H18Cl2FN2O+. The van der Waals surface area contributed by atoms with Crippen molar-refractivity contribution in [3.8, 4) is 0 Å². The molecule has 2 rings (SSSR count). The maximum absolute atomic E-state index is 13.7. The third kappa shape index (κ3) is 4.67. The lowest BCUT2D eigenvalue weighted by molar-refractivity contribution is -0.908. The van der Waals surface area contributed by atoms with Crippen LogP contribution in [0.5, 0.6) is 0 Å². The summed E-state index contributed by atoms with van der Waals surface area (Å²) in [4.78, 5) is 13.2. The van der Waals surface area contributed by atoms with Gasteiger partial charge in [0.1, 0.15) is 12.4 Å². The molecule has 0 spiro atoms. The van der Waals surface area contributed by atoms with E-state index in [0.717, 1.165) is 4.90 Å². The molecule has 2 N–H and O–H groups in total. The van der Waals surface area contributed by atoms with E-state index < -0.39 is 0 Å². The van der Waals surface area contributed by atoms with Crippen LogP contribution in [0, 0.1) is 5.82 Å². The number of hydrogen-bond acceptors (Lipinski definition) is 1. The average Bonchev–Trinajstić information content (AvgIpc) is 2.52. The van der Waals surface area contributed by atoms with Gasteiger partial charge < -0.3 is 10.2 Å². The van der Waals surface area contributed by atoms with Gasteiger partial charge >= 0.3 is 0 Å². The molecule has 0 fully saturated rings. The van der Waals surface area contributed by atoms with Gasteiger partial charge in [-0.2, -0.15) is 0 Å². The largest absolute Gasteiger partial charge is 0.324 e. The molecular weight excluding hydrogens is 338 g/mol. The number of nitrogens with one attached hydrogen (secondary N) is 2. The van der Waals surface area contributed by atoms with Gasteiger partial charge in [-0.3, -0.25) is 4.79 Å². The molecule has 0 heterocycles. The Kier molecular flexibility index (Phi) is 5.99. The average molecular weight is 356 g/mol. The van der Waals surface area contributed by atoms with Gasteiger partial charge in [0.05, 0.1) is 17.8 Å². The third-order valence-electron chi connectivity index (χ3n) is 3.75. The van der Waals surface area contributed by atoms with E-state index in [1.165, 1.54) is 6.07 Å². The Morgan fingerprint density at radius 1 is 1.26 bits per heavy atom. The second kappa shape index (κ2) is 7.77. The van der Waals surface area contributed by atoms with Crippen LogP contribution in [0.4, 0.5) is 10.1 Å². The molecule has 0 aliphatic carbocycles. The van der Waals surface area contributed by atoms with Crippen molar-refractivity contribution in [1.82, 2.24) is 0 Å². The summed E-state index contributed by atoms with van der Waals surface area (Å²) in [5, 5.41) is 3.67. The smallest absolute Gasteiger partial charge is 0.282 e. The molecule has 0 bridgehead atoms. The first-order chi connectivity index (χ1) is 10.9. The zero-order valence-electron chi connectivity index (χ0n) is 12.9. The molecule has 1 unspecified atom stereocenters.